The molecule has 1 fully saturated rings. The topological polar surface area (TPSA) is 72.9 Å². The van der Waals surface area contributed by atoms with E-state index in [0.717, 1.165) is 11.1 Å². The molecule has 2 aromatic carbocycles. The third-order valence-corrected chi connectivity index (χ3v) is 7.32. The minimum absolute atomic E-state index is 0.00629. The maximum absolute atomic E-state index is 13.1. The number of carbonyl (C=O) groups is 1. The molecule has 6 nitrogen and oxygen atoms in total. The van der Waals surface area contributed by atoms with E-state index in [9.17, 15) is 13.2 Å². The van der Waals surface area contributed by atoms with Crippen molar-refractivity contribution in [1.29, 1.82) is 0 Å². The van der Waals surface area contributed by atoms with Crippen LogP contribution in [-0.2, 0) is 20.3 Å². The highest BCUT2D eigenvalue weighted by molar-refractivity contribution is 7.90. The number of aryl methyl sites for hydroxylation is 2. The number of nitrogens with zero attached hydrogens (tertiary/aromatic N) is 1. The smallest absolute Gasteiger partial charge is 0.254 e. The first-order chi connectivity index (χ1) is 14.7. The molecule has 168 valence electrons. The van der Waals surface area contributed by atoms with Gasteiger partial charge in [0.05, 0.1) is 24.6 Å². The lowest BCUT2D eigenvalue weighted by Gasteiger charge is -2.19. The SMILES string of the molecule is CCCS(=O)(=O)Cc1cccc(O[C@@H]2CN(C(=O)c3cc(C)ccc3C)C[C@H]2OC)c1. The molecule has 0 N–H and O–H groups in total. The number of likely N-dealkylation sites (tertiary alicyclic amines) is 1. The number of sulfone groups is 1. The van der Waals surface area contributed by atoms with Gasteiger partial charge in [-0.25, -0.2) is 8.42 Å². The highest BCUT2D eigenvalue weighted by atomic mass is 32.2. The molecule has 2 aromatic rings. The van der Waals surface area contributed by atoms with E-state index in [1.54, 1.807) is 36.3 Å². The van der Waals surface area contributed by atoms with Crippen molar-refractivity contribution in [3.8, 4) is 5.75 Å². The van der Waals surface area contributed by atoms with E-state index in [-0.39, 0.29) is 29.6 Å². The van der Waals surface area contributed by atoms with Crippen LogP contribution in [0.15, 0.2) is 42.5 Å². The van der Waals surface area contributed by atoms with Gasteiger partial charge in [0.25, 0.3) is 5.91 Å². The molecule has 1 saturated heterocycles. The van der Waals surface area contributed by atoms with Gasteiger partial charge in [0.15, 0.2) is 9.84 Å². The Morgan fingerprint density at radius 3 is 2.55 bits per heavy atom. The van der Waals surface area contributed by atoms with Crippen molar-refractivity contribution in [2.24, 2.45) is 0 Å². The number of ether oxygens (including phenoxy) is 2. The number of carbonyl (C=O) groups excluding carboxylic acids is 1. The Kier molecular flexibility index (Phi) is 7.38. The third kappa shape index (κ3) is 5.86. The Morgan fingerprint density at radius 1 is 1.10 bits per heavy atom. The molecule has 0 saturated carbocycles. The number of benzene rings is 2. The van der Waals surface area contributed by atoms with Crippen molar-refractivity contribution < 1.29 is 22.7 Å². The van der Waals surface area contributed by atoms with Crippen LogP contribution in [-0.4, -0.2) is 57.4 Å². The lowest BCUT2D eigenvalue weighted by Crippen LogP contribution is -2.32. The molecule has 31 heavy (non-hydrogen) atoms. The Morgan fingerprint density at radius 2 is 1.84 bits per heavy atom. The summed E-state index contributed by atoms with van der Waals surface area (Å²) in [6, 6.07) is 13.0. The predicted octanol–water partition coefficient (Wildman–Crippen LogP) is 3.55. The molecule has 1 aliphatic rings. The second kappa shape index (κ2) is 9.83. The number of amides is 1. The first-order valence-corrected chi connectivity index (χ1v) is 12.4. The average Bonchev–Trinajstić information content (AvgIpc) is 3.12. The monoisotopic (exact) mass is 445 g/mol. The molecule has 0 spiro atoms. The molecule has 1 aliphatic heterocycles. The molecule has 0 radical (unpaired) electrons. The molecule has 0 bridgehead atoms. The highest BCUT2D eigenvalue weighted by Crippen LogP contribution is 2.24. The van der Waals surface area contributed by atoms with Crippen molar-refractivity contribution in [3.63, 3.8) is 0 Å². The Hall–Kier alpha value is -2.38. The van der Waals surface area contributed by atoms with Crippen LogP contribution in [0.2, 0.25) is 0 Å². The van der Waals surface area contributed by atoms with Gasteiger partial charge in [-0.3, -0.25) is 4.79 Å². The first-order valence-electron chi connectivity index (χ1n) is 10.6. The van der Waals surface area contributed by atoms with Gasteiger partial charge in [0, 0.05) is 12.7 Å². The van der Waals surface area contributed by atoms with Crippen LogP contribution in [0, 0.1) is 13.8 Å². The summed E-state index contributed by atoms with van der Waals surface area (Å²) in [5, 5.41) is 0. The van der Waals surface area contributed by atoms with Gasteiger partial charge in [-0.1, -0.05) is 36.8 Å². The number of rotatable bonds is 8. The van der Waals surface area contributed by atoms with E-state index in [1.807, 2.05) is 39.0 Å². The Labute approximate surface area is 185 Å². The van der Waals surface area contributed by atoms with Crippen LogP contribution in [0.3, 0.4) is 0 Å². The van der Waals surface area contributed by atoms with Gasteiger partial charge >= 0.3 is 0 Å². The maximum Gasteiger partial charge on any atom is 0.254 e. The zero-order chi connectivity index (χ0) is 22.6. The van der Waals surface area contributed by atoms with Crippen molar-refractivity contribution in [2.45, 2.75) is 45.2 Å². The van der Waals surface area contributed by atoms with Gasteiger partial charge < -0.3 is 14.4 Å². The van der Waals surface area contributed by atoms with Crippen LogP contribution in [0.25, 0.3) is 0 Å². The standard InChI is InChI=1S/C24H31NO5S/c1-5-11-31(27,28)16-19-7-6-8-20(13-19)30-23-15-25(14-22(23)29-4)24(26)21-12-17(2)9-10-18(21)3/h6-10,12-13,22-23H,5,11,14-16H2,1-4H3/t22-,23-/m1/s1. The van der Waals surface area contributed by atoms with E-state index >= 15 is 0 Å². The molecule has 2 atom stereocenters. The molecule has 0 aromatic heterocycles. The Balaban J connectivity index is 1.73. The van der Waals surface area contributed by atoms with E-state index in [0.29, 0.717) is 36.4 Å². The largest absolute Gasteiger partial charge is 0.486 e. The lowest BCUT2D eigenvalue weighted by atomic mass is 10.0. The normalized spacial score (nSPS) is 18.9. The number of hydrogen-bond acceptors (Lipinski definition) is 5. The summed E-state index contributed by atoms with van der Waals surface area (Å²) in [4.78, 5) is 14.9. The fourth-order valence-electron chi connectivity index (χ4n) is 3.91. The van der Waals surface area contributed by atoms with Crippen LogP contribution < -0.4 is 4.74 Å². The minimum atomic E-state index is -3.14. The minimum Gasteiger partial charge on any atom is -0.486 e. The average molecular weight is 446 g/mol. The van der Waals surface area contributed by atoms with E-state index in [2.05, 4.69) is 0 Å². The summed E-state index contributed by atoms with van der Waals surface area (Å²) in [6.45, 7) is 6.61. The summed E-state index contributed by atoms with van der Waals surface area (Å²) in [6.07, 6.45) is 0.00327. The predicted molar refractivity (Wildman–Crippen MR) is 121 cm³/mol. The second-order valence-electron chi connectivity index (χ2n) is 8.20. The molecule has 3 rings (SSSR count). The second-order valence-corrected chi connectivity index (χ2v) is 10.4. The molecule has 1 amide bonds. The summed E-state index contributed by atoms with van der Waals surface area (Å²) < 4.78 is 36.1. The molecule has 0 unspecified atom stereocenters. The Bertz CT molecular complexity index is 1030. The molecule has 1 heterocycles. The number of methoxy groups -OCH3 is 1. The fourth-order valence-corrected chi connectivity index (χ4v) is 5.36. The molecular weight excluding hydrogens is 414 g/mol. The summed E-state index contributed by atoms with van der Waals surface area (Å²) >= 11 is 0. The van der Waals surface area contributed by atoms with E-state index in [1.165, 1.54) is 0 Å². The van der Waals surface area contributed by atoms with Gasteiger partial charge in [-0.2, -0.15) is 0 Å². The lowest BCUT2D eigenvalue weighted by molar-refractivity contribution is 0.0339. The van der Waals surface area contributed by atoms with Crippen molar-refractivity contribution >= 4 is 15.7 Å². The van der Waals surface area contributed by atoms with Gasteiger partial charge in [-0.05, 0) is 49.6 Å². The van der Waals surface area contributed by atoms with E-state index < -0.39 is 9.84 Å². The first kappa shape index (κ1) is 23.3. The fraction of sp³-hybridized carbons (Fsp3) is 0.458. The summed E-state index contributed by atoms with van der Waals surface area (Å²) in [5.41, 5.74) is 3.37. The third-order valence-electron chi connectivity index (χ3n) is 5.52. The molecule has 7 heteroatoms. The summed E-state index contributed by atoms with van der Waals surface area (Å²) in [5.74, 6) is 0.710. The van der Waals surface area contributed by atoms with Crippen molar-refractivity contribution in [2.75, 3.05) is 26.0 Å². The van der Waals surface area contributed by atoms with Crippen molar-refractivity contribution in [1.82, 2.24) is 4.90 Å². The highest BCUT2D eigenvalue weighted by Gasteiger charge is 2.37. The van der Waals surface area contributed by atoms with Crippen molar-refractivity contribution in [3.05, 3.63) is 64.7 Å². The van der Waals surface area contributed by atoms with Gasteiger partial charge in [-0.15, -0.1) is 0 Å². The summed E-state index contributed by atoms with van der Waals surface area (Å²) in [7, 11) is -1.52. The van der Waals surface area contributed by atoms with Gasteiger partial charge in [0.2, 0.25) is 0 Å². The van der Waals surface area contributed by atoms with Crippen LogP contribution in [0.5, 0.6) is 5.75 Å². The van der Waals surface area contributed by atoms with Gasteiger partial charge in [0.1, 0.15) is 18.0 Å². The van der Waals surface area contributed by atoms with Crippen LogP contribution in [0.4, 0.5) is 0 Å². The van der Waals surface area contributed by atoms with Crippen LogP contribution in [0.1, 0.15) is 40.4 Å². The quantitative estimate of drug-likeness (QED) is 0.621. The number of hydrogen-bond donors (Lipinski definition) is 0. The molecular formula is C24H31NO5S. The van der Waals surface area contributed by atoms with E-state index in [4.69, 9.17) is 9.47 Å². The maximum atomic E-state index is 13.1. The van der Waals surface area contributed by atoms with Crippen LogP contribution >= 0.6 is 0 Å². The molecule has 0 aliphatic carbocycles. The zero-order valence-electron chi connectivity index (χ0n) is 18.6. The zero-order valence-corrected chi connectivity index (χ0v) is 19.4.